The average Bonchev–Trinajstić information content (AvgIpc) is 3.02. The second-order valence-electron chi connectivity index (χ2n) is 4.76. The summed E-state index contributed by atoms with van der Waals surface area (Å²) < 4.78 is 26.3. The zero-order valence-corrected chi connectivity index (χ0v) is 12.0. The van der Waals surface area contributed by atoms with Crippen LogP contribution >= 0.6 is 0 Å². The molecule has 2 aromatic heterocycles. The molecule has 2 rings (SSSR count). The summed E-state index contributed by atoms with van der Waals surface area (Å²) in [6.45, 7) is 3.76. The molecule has 0 aliphatic rings. The topological polar surface area (TPSA) is 75.6 Å². The molecule has 0 saturated carbocycles. The molecule has 1 amide bonds. The third-order valence-electron chi connectivity index (χ3n) is 3.12. The molecule has 0 fully saturated rings. The van der Waals surface area contributed by atoms with Crippen LogP contribution in [0.3, 0.4) is 0 Å². The monoisotopic (exact) mass is 297 g/mol. The van der Waals surface area contributed by atoms with Crippen LogP contribution < -0.4 is 5.32 Å². The number of imidazole rings is 1. The van der Waals surface area contributed by atoms with Crippen LogP contribution in [-0.2, 0) is 7.05 Å². The molecule has 2 heterocycles. The van der Waals surface area contributed by atoms with Crippen molar-refractivity contribution >= 4 is 5.91 Å². The summed E-state index contributed by atoms with van der Waals surface area (Å²) >= 11 is 0. The number of nitrogens with one attached hydrogen (secondary N) is 2. The number of alkyl halides is 2. The second kappa shape index (κ2) is 6.02. The number of halogens is 2. The fourth-order valence-electron chi connectivity index (χ4n) is 2.01. The Kier molecular flexibility index (Phi) is 4.35. The summed E-state index contributed by atoms with van der Waals surface area (Å²) in [6.07, 6.45) is -0.408. The predicted molar refractivity (Wildman–Crippen MR) is 72.0 cm³/mol. The predicted octanol–water partition coefficient (Wildman–Crippen LogP) is 2.27. The molecule has 6 nitrogen and oxygen atoms in total. The van der Waals surface area contributed by atoms with Gasteiger partial charge < -0.3 is 10.3 Å². The number of aromatic amines is 1. The van der Waals surface area contributed by atoms with Gasteiger partial charge in [0.25, 0.3) is 12.3 Å². The fraction of sp³-hybridized carbons (Fsp3) is 0.462. The first-order chi connectivity index (χ1) is 9.92. The standard InChI is InChI=1S/C13H17F2N5O/c1-4-8(12-16-6-7(2)17-12)18-13(21)10-5-9(11(14)15)19-20(10)3/h5-6,8,11H,4H2,1-3H3,(H,16,17)(H,18,21)/t8-/m1/s1. The summed E-state index contributed by atoms with van der Waals surface area (Å²) in [7, 11) is 1.46. The zero-order chi connectivity index (χ0) is 15.6. The van der Waals surface area contributed by atoms with Crippen molar-refractivity contribution in [2.75, 3.05) is 0 Å². The van der Waals surface area contributed by atoms with Crippen LogP contribution in [0.25, 0.3) is 0 Å². The Morgan fingerprint density at radius 3 is 2.71 bits per heavy atom. The van der Waals surface area contributed by atoms with E-state index in [2.05, 4.69) is 20.4 Å². The molecule has 0 aromatic carbocycles. The summed E-state index contributed by atoms with van der Waals surface area (Å²) in [5, 5.41) is 6.39. The number of amides is 1. The molecule has 114 valence electrons. The quantitative estimate of drug-likeness (QED) is 0.889. The van der Waals surface area contributed by atoms with Crippen molar-refractivity contribution in [1.82, 2.24) is 25.1 Å². The Morgan fingerprint density at radius 2 is 2.24 bits per heavy atom. The molecule has 2 N–H and O–H groups in total. The molecule has 2 aromatic rings. The van der Waals surface area contributed by atoms with Crippen LogP contribution in [0.4, 0.5) is 8.78 Å². The van der Waals surface area contributed by atoms with Crippen molar-refractivity contribution in [3.63, 3.8) is 0 Å². The van der Waals surface area contributed by atoms with Gasteiger partial charge in [0.2, 0.25) is 0 Å². The van der Waals surface area contributed by atoms with Crippen LogP contribution in [-0.4, -0.2) is 25.7 Å². The Morgan fingerprint density at radius 1 is 1.52 bits per heavy atom. The highest BCUT2D eigenvalue weighted by Crippen LogP contribution is 2.19. The van der Waals surface area contributed by atoms with Gasteiger partial charge in [-0.2, -0.15) is 5.10 Å². The van der Waals surface area contributed by atoms with Gasteiger partial charge in [-0.15, -0.1) is 0 Å². The Balaban J connectivity index is 2.16. The molecule has 0 spiro atoms. The third kappa shape index (κ3) is 3.26. The van der Waals surface area contributed by atoms with Gasteiger partial charge in [-0.25, -0.2) is 13.8 Å². The van der Waals surface area contributed by atoms with Crippen LogP contribution in [0.5, 0.6) is 0 Å². The number of H-pyrrole nitrogens is 1. The van der Waals surface area contributed by atoms with E-state index in [9.17, 15) is 13.6 Å². The van der Waals surface area contributed by atoms with Gasteiger partial charge in [-0.05, 0) is 19.4 Å². The number of aromatic nitrogens is 4. The van der Waals surface area contributed by atoms with Crippen molar-refractivity contribution in [2.24, 2.45) is 7.05 Å². The fourth-order valence-corrected chi connectivity index (χ4v) is 2.01. The lowest BCUT2D eigenvalue weighted by Gasteiger charge is -2.14. The minimum atomic E-state index is -2.70. The molecule has 1 atom stereocenters. The Hall–Kier alpha value is -2.25. The minimum absolute atomic E-state index is 0.0898. The highest BCUT2D eigenvalue weighted by atomic mass is 19.3. The van der Waals surface area contributed by atoms with Gasteiger partial charge in [-0.3, -0.25) is 9.48 Å². The first kappa shape index (κ1) is 15.1. The van der Waals surface area contributed by atoms with Crippen molar-refractivity contribution in [2.45, 2.75) is 32.7 Å². The lowest BCUT2D eigenvalue weighted by Crippen LogP contribution is -2.30. The number of hydrogen-bond acceptors (Lipinski definition) is 3. The van der Waals surface area contributed by atoms with Gasteiger partial charge in [0.15, 0.2) is 0 Å². The van der Waals surface area contributed by atoms with E-state index in [1.54, 1.807) is 6.20 Å². The van der Waals surface area contributed by atoms with Crippen molar-refractivity contribution in [1.29, 1.82) is 0 Å². The number of rotatable bonds is 5. The van der Waals surface area contributed by atoms with E-state index < -0.39 is 18.0 Å². The van der Waals surface area contributed by atoms with Gasteiger partial charge >= 0.3 is 0 Å². The first-order valence-corrected chi connectivity index (χ1v) is 6.56. The van der Waals surface area contributed by atoms with Crippen molar-refractivity contribution in [3.8, 4) is 0 Å². The maximum Gasteiger partial charge on any atom is 0.282 e. The van der Waals surface area contributed by atoms with Gasteiger partial charge in [0, 0.05) is 18.9 Å². The number of carbonyl (C=O) groups excluding carboxylic acids is 1. The molecule has 8 heteroatoms. The maximum absolute atomic E-state index is 12.6. The largest absolute Gasteiger partial charge is 0.344 e. The normalized spacial score (nSPS) is 12.7. The summed E-state index contributed by atoms with van der Waals surface area (Å²) in [6, 6.07) is 0.788. The van der Waals surface area contributed by atoms with E-state index in [1.807, 2.05) is 13.8 Å². The molecular formula is C13H17F2N5O. The van der Waals surface area contributed by atoms with Crippen LogP contribution in [0.1, 0.15) is 53.5 Å². The zero-order valence-electron chi connectivity index (χ0n) is 12.0. The molecule has 21 heavy (non-hydrogen) atoms. The number of nitrogens with zero attached hydrogens (tertiary/aromatic N) is 3. The molecular weight excluding hydrogens is 280 g/mol. The lowest BCUT2D eigenvalue weighted by molar-refractivity contribution is 0.0924. The average molecular weight is 297 g/mol. The number of aryl methyl sites for hydroxylation is 2. The van der Waals surface area contributed by atoms with E-state index in [0.29, 0.717) is 12.2 Å². The van der Waals surface area contributed by atoms with Crippen LogP contribution in [0, 0.1) is 6.92 Å². The van der Waals surface area contributed by atoms with Crippen LogP contribution in [0.15, 0.2) is 12.3 Å². The smallest absolute Gasteiger partial charge is 0.282 e. The lowest BCUT2D eigenvalue weighted by atomic mass is 10.2. The maximum atomic E-state index is 12.6. The summed E-state index contributed by atoms with van der Waals surface area (Å²) in [5.41, 5.74) is 0.565. The Bertz CT molecular complexity index is 634. The first-order valence-electron chi connectivity index (χ1n) is 6.56. The van der Waals surface area contributed by atoms with Gasteiger partial charge in [0.1, 0.15) is 17.2 Å². The van der Waals surface area contributed by atoms with E-state index in [4.69, 9.17) is 0 Å². The SMILES string of the molecule is CC[C@@H](NC(=O)c1cc(C(F)F)nn1C)c1ncc(C)[nH]1. The summed E-state index contributed by atoms with van der Waals surface area (Å²) in [4.78, 5) is 19.4. The number of carbonyl (C=O) groups is 1. The van der Waals surface area contributed by atoms with E-state index in [1.165, 1.54) is 7.05 Å². The van der Waals surface area contributed by atoms with E-state index >= 15 is 0 Å². The van der Waals surface area contributed by atoms with E-state index in [-0.39, 0.29) is 11.7 Å². The van der Waals surface area contributed by atoms with Crippen molar-refractivity contribution in [3.05, 3.63) is 35.2 Å². The van der Waals surface area contributed by atoms with Gasteiger partial charge in [0.05, 0.1) is 6.04 Å². The third-order valence-corrected chi connectivity index (χ3v) is 3.12. The molecule has 0 unspecified atom stereocenters. The molecule has 0 saturated heterocycles. The highest BCUT2D eigenvalue weighted by Gasteiger charge is 2.21. The second-order valence-corrected chi connectivity index (χ2v) is 4.76. The highest BCUT2D eigenvalue weighted by molar-refractivity contribution is 5.92. The Labute approximate surface area is 120 Å². The molecule has 0 aliphatic heterocycles. The van der Waals surface area contributed by atoms with Crippen molar-refractivity contribution < 1.29 is 13.6 Å². The number of hydrogen-bond donors (Lipinski definition) is 2. The van der Waals surface area contributed by atoms with Gasteiger partial charge in [-0.1, -0.05) is 6.92 Å². The molecule has 0 radical (unpaired) electrons. The summed E-state index contributed by atoms with van der Waals surface area (Å²) in [5.74, 6) is 0.178. The molecule has 0 bridgehead atoms. The molecule has 0 aliphatic carbocycles. The van der Waals surface area contributed by atoms with E-state index in [0.717, 1.165) is 16.4 Å². The van der Waals surface area contributed by atoms with Crippen LogP contribution in [0.2, 0.25) is 0 Å². The minimum Gasteiger partial charge on any atom is -0.344 e.